The summed E-state index contributed by atoms with van der Waals surface area (Å²) in [7, 11) is 0. The monoisotopic (exact) mass is 562 g/mol. The van der Waals surface area contributed by atoms with E-state index in [1.54, 1.807) is 0 Å². The fraction of sp³-hybridized carbons (Fsp3) is 0. The third-order valence-electron chi connectivity index (χ3n) is 8.68. The van der Waals surface area contributed by atoms with Crippen molar-refractivity contribution in [2.24, 2.45) is 0 Å². The molecule has 0 saturated heterocycles. The smallest absolute Gasteiger partial charge is 0.141 e. The van der Waals surface area contributed by atoms with Crippen LogP contribution in [0.4, 0.5) is 17.2 Å². The fourth-order valence-electron chi connectivity index (χ4n) is 6.53. The van der Waals surface area contributed by atoms with Crippen molar-refractivity contribution in [2.45, 2.75) is 0 Å². The molecule has 9 rings (SSSR count). The van der Waals surface area contributed by atoms with Gasteiger partial charge in [-0.05, 0) is 79.8 Å². The van der Waals surface area contributed by atoms with E-state index in [9.17, 15) is 0 Å². The van der Waals surface area contributed by atoms with Gasteiger partial charge < -0.3 is 4.42 Å². The predicted octanol–water partition coefficient (Wildman–Crippen LogP) is 11.6. The van der Waals surface area contributed by atoms with Gasteiger partial charge in [0, 0.05) is 34.4 Å². The Kier molecular flexibility index (Phi) is 5.50. The molecule has 0 unspecified atom stereocenters. The van der Waals surface area contributed by atoms with Crippen molar-refractivity contribution in [1.82, 2.24) is 4.98 Å². The largest absolute Gasteiger partial charge is 0.456 e. The van der Waals surface area contributed by atoms with Crippen LogP contribution < -0.4 is 4.90 Å². The molecule has 7 aromatic carbocycles. The Balaban J connectivity index is 1.16. The molecule has 0 amide bonds. The molecule has 9 aromatic rings. The maximum absolute atomic E-state index is 6.22. The van der Waals surface area contributed by atoms with Gasteiger partial charge in [0.25, 0.3) is 0 Å². The zero-order valence-corrected chi connectivity index (χ0v) is 23.8. The van der Waals surface area contributed by atoms with Crippen LogP contribution in [-0.2, 0) is 0 Å². The molecular weight excluding hydrogens is 536 g/mol. The number of rotatable bonds is 4. The van der Waals surface area contributed by atoms with Crippen LogP contribution in [0.3, 0.4) is 0 Å². The SMILES string of the molecule is c1ccc(N(c2ccc(-c3ccc4ccc5ccc6ccccc6c5c4c3)cc2)c2cc3oc4ccccc4c3cn2)cc1. The Hall–Kier alpha value is -5.93. The van der Waals surface area contributed by atoms with E-state index in [1.807, 2.05) is 36.5 Å². The van der Waals surface area contributed by atoms with Crippen molar-refractivity contribution in [3.63, 3.8) is 0 Å². The van der Waals surface area contributed by atoms with Gasteiger partial charge in [0.05, 0.1) is 0 Å². The van der Waals surface area contributed by atoms with Crippen molar-refractivity contribution in [3.8, 4) is 11.1 Å². The third kappa shape index (κ3) is 3.94. The summed E-state index contributed by atoms with van der Waals surface area (Å²) in [6.45, 7) is 0. The molecule has 0 aliphatic rings. The van der Waals surface area contributed by atoms with Crippen LogP contribution in [0, 0.1) is 0 Å². The number of nitrogens with zero attached hydrogens (tertiary/aromatic N) is 2. The quantitative estimate of drug-likeness (QED) is 0.200. The maximum Gasteiger partial charge on any atom is 0.141 e. The molecule has 0 aliphatic heterocycles. The van der Waals surface area contributed by atoms with Crippen LogP contribution in [-0.4, -0.2) is 4.98 Å². The van der Waals surface area contributed by atoms with Gasteiger partial charge in [-0.1, -0.05) is 109 Å². The van der Waals surface area contributed by atoms with E-state index in [0.29, 0.717) is 0 Å². The summed E-state index contributed by atoms with van der Waals surface area (Å²) in [5.74, 6) is 0.805. The molecule has 0 spiro atoms. The Labute approximate surface area is 254 Å². The number of hydrogen-bond donors (Lipinski definition) is 0. The predicted molar refractivity (Wildman–Crippen MR) is 184 cm³/mol. The number of furan rings is 1. The van der Waals surface area contributed by atoms with Gasteiger partial charge in [-0.3, -0.25) is 4.90 Å². The van der Waals surface area contributed by atoms with Crippen molar-refractivity contribution in [2.75, 3.05) is 4.90 Å². The maximum atomic E-state index is 6.22. The number of aromatic nitrogens is 1. The minimum atomic E-state index is 0.805. The van der Waals surface area contributed by atoms with Gasteiger partial charge in [-0.2, -0.15) is 0 Å². The van der Waals surface area contributed by atoms with Gasteiger partial charge in [-0.25, -0.2) is 4.98 Å². The highest BCUT2D eigenvalue weighted by molar-refractivity contribution is 6.20. The Morgan fingerprint density at radius 3 is 1.91 bits per heavy atom. The molecule has 0 radical (unpaired) electrons. The number of para-hydroxylation sites is 2. The van der Waals surface area contributed by atoms with Gasteiger partial charge in [0.1, 0.15) is 17.0 Å². The number of benzene rings is 7. The summed E-state index contributed by atoms with van der Waals surface area (Å²) in [4.78, 5) is 7.09. The lowest BCUT2D eigenvalue weighted by atomic mass is 9.94. The zero-order valence-electron chi connectivity index (χ0n) is 23.8. The van der Waals surface area contributed by atoms with Crippen LogP contribution in [0.25, 0.3) is 65.4 Å². The van der Waals surface area contributed by atoms with Crippen molar-refractivity contribution >= 4 is 71.4 Å². The van der Waals surface area contributed by atoms with E-state index in [2.05, 4.69) is 126 Å². The first-order valence-corrected chi connectivity index (χ1v) is 14.9. The van der Waals surface area contributed by atoms with E-state index in [1.165, 1.54) is 43.4 Å². The summed E-state index contributed by atoms with van der Waals surface area (Å²) in [6, 6.07) is 53.6. The van der Waals surface area contributed by atoms with E-state index in [0.717, 1.165) is 39.1 Å². The average Bonchev–Trinajstić information content (AvgIpc) is 3.46. The molecule has 0 fully saturated rings. The van der Waals surface area contributed by atoms with Crippen LogP contribution in [0.15, 0.2) is 162 Å². The highest BCUT2D eigenvalue weighted by atomic mass is 16.3. The van der Waals surface area contributed by atoms with Crippen LogP contribution >= 0.6 is 0 Å². The van der Waals surface area contributed by atoms with E-state index in [-0.39, 0.29) is 0 Å². The van der Waals surface area contributed by atoms with Gasteiger partial charge in [-0.15, -0.1) is 0 Å². The third-order valence-corrected chi connectivity index (χ3v) is 8.68. The lowest BCUT2D eigenvalue weighted by Crippen LogP contribution is -2.11. The Morgan fingerprint density at radius 2 is 1.07 bits per heavy atom. The minimum absolute atomic E-state index is 0.805. The Bertz CT molecular complexity index is 2490. The molecule has 0 saturated carbocycles. The zero-order chi connectivity index (χ0) is 29.0. The molecule has 0 atom stereocenters. The van der Waals surface area contributed by atoms with Gasteiger partial charge >= 0.3 is 0 Å². The molecule has 206 valence electrons. The Morgan fingerprint density at radius 1 is 0.432 bits per heavy atom. The average molecular weight is 563 g/mol. The van der Waals surface area contributed by atoms with E-state index < -0.39 is 0 Å². The molecule has 3 heteroatoms. The summed E-state index contributed by atoms with van der Waals surface area (Å²) in [5, 5.41) is 9.73. The molecular formula is C41H26N2O. The number of fused-ring (bicyclic) bond motifs is 8. The second-order valence-electron chi connectivity index (χ2n) is 11.2. The number of hydrogen-bond acceptors (Lipinski definition) is 3. The first kappa shape index (κ1) is 24.6. The topological polar surface area (TPSA) is 29.3 Å². The second-order valence-corrected chi connectivity index (χ2v) is 11.2. The molecule has 2 heterocycles. The number of pyridine rings is 1. The standard InChI is InChI=1S/C41H26N2O/c1-2-9-32(10-3-1)43(40-25-39-37(26-42-40)35-12-6-7-13-38(35)44-39)33-22-20-27(21-23-33)31-19-16-29-15-18-30-17-14-28-8-4-5-11-34(28)41(30)36(29)24-31/h1-26H. The van der Waals surface area contributed by atoms with Crippen molar-refractivity contribution in [1.29, 1.82) is 0 Å². The summed E-state index contributed by atoms with van der Waals surface area (Å²) >= 11 is 0. The molecule has 44 heavy (non-hydrogen) atoms. The van der Waals surface area contributed by atoms with Crippen LogP contribution in [0.2, 0.25) is 0 Å². The van der Waals surface area contributed by atoms with Gasteiger partial charge in [0.15, 0.2) is 0 Å². The summed E-state index contributed by atoms with van der Waals surface area (Å²) in [5.41, 5.74) is 6.12. The van der Waals surface area contributed by atoms with Crippen molar-refractivity contribution in [3.05, 3.63) is 158 Å². The fourth-order valence-corrected chi connectivity index (χ4v) is 6.53. The molecule has 3 nitrogen and oxygen atoms in total. The van der Waals surface area contributed by atoms with E-state index in [4.69, 9.17) is 9.40 Å². The van der Waals surface area contributed by atoms with Gasteiger partial charge in [0.2, 0.25) is 0 Å². The first-order valence-electron chi connectivity index (χ1n) is 14.9. The van der Waals surface area contributed by atoms with Crippen LogP contribution in [0.5, 0.6) is 0 Å². The highest BCUT2D eigenvalue weighted by Gasteiger charge is 2.17. The second kappa shape index (κ2) is 9.82. The van der Waals surface area contributed by atoms with Crippen molar-refractivity contribution < 1.29 is 4.42 Å². The summed E-state index contributed by atoms with van der Waals surface area (Å²) < 4.78 is 6.22. The van der Waals surface area contributed by atoms with E-state index >= 15 is 0 Å². The normalized spacial score (nSPS) is 11.6. The number of anilines is 3. The minimum Gasteiger partial charge on any atom is -0.456 e. The lowest BCUT2D eigenvalue weighted by molar-refractivity contribution is 0.668. The molecule has 2 aromatic heterocycles. The van der Waals surface area contributed by atoms with Crippen LogP contribution in [0.1, 0.15) is 0 Å². The lowest BCUT2D eigenvalue weighted by Gasteiger charge is -2.24. The molecule has 0 N–H and O–H groups in total. The summed E-state index contributed by atoms with van der Waals surface area (Å²) in [6.07, 6.45) is 1.92. The first-order chi connectivity index (χ1) is 21.8. The highest BCUT2D eigenvalue weighted by Crippen LogP contribution is 2.39. The molecule has 0 aliphatic carbocycles. The molecule has 0 bridgehead atoms.